The van der Waals surface area contributed by atoms with E-state index in [1.54, 1.807) is 18.2 Å². The van der Waals surface area contributed by atoms with E-state index in [0.29, 0.717) is 10.7 Å². The van der Waals surface area contributed by atoms with E-state index in [-0.39, 0.29) is 16.5 Å². The smallest absolute Gasteiger partial charge is 0.275 e. The Morgan fingerprint density at radius 2 is 2.06 bits per heavy atom. The minimum Gasteiger partial charge on any atom is -0.510 e. The van der Waals surface area contributed by atoms with Gasteiger partial charge < -0.3 is 10.4 Å². The van der Waals surface area contributed by atoms with Crippen LogP contribution in [0.15, 0.2) is 39.9 Å². The number of nitrogens with one attached hydrogen (secondary N) is 1. The number of rotatable bonds is 3. The molecule has 5 nitrogen and oxygen atoms in total. The number of allylic oxidation sites excluding steroid dienone is 1. The lowest BCUT2D eigenvalue weighted by molar-refractivity contribution is -0.117. The summed E-state index contributed by atoms with van der Waals surface area (Å²) in [5, 5.41) is 19.7. The van der Waals surface area contributed by atoms with Gasteiger partial charge in [-0.1, -0.05) is 29.3 Å². The molecular formula is C11H11Cl2N3O2. The zero-order valence-corrected chi connectivity index (χ0v) is 11.2. The average molecular weight is 288 g/mol. The number of benzene rings is 1. The van der Waals surface area contributed by atoms with Crippen LogP contribution in [0.3, 0.4) is 0 Å². The molecule has 0 radical (unpaired) electrons. The van der Waals surface area contributed by atoms with Crippen LogP contribution in [0, 0.1) is 0 Å². The van der Waals surface area contributed by atoms with Crippen LogP contribution in [0.2, 0.25) is 10.0 Å². The molecule has 1 amide bonds. The van der Waals surface area contributed by atoms with Gasteiger partial charge in [-0.25, -0.2) is 0 Å². The lowest BCUT2D eigenvalue weighted by Crippen LogP contribution is -2.20. The largest absolute Gasteiger partial charge is 0.510 e. The Morgan fingerprint density at radius 1 is 1.39 bits per heavy atom. The minimum atomic E-state index is -0.545. The molecule has 0 aromatic heterocycles. The summed E-state index contributed by atoms with van der Waals surface area (Å²) in [5.41, 5.74) is 0.125. The number of nitrogens with zero attached hydrogens (tertiary/aromatic N) is 2. The second-order valence-corrected chi connectivity index (χ2v) is 4.07. The van der Waals surface area contributed by atoms with Crippen molar-refractivity contribution in [2.24, 2.45) is 10.2 Å². The maximum Gasteiger partial charge on any atom is 0.275 e. The van der Waals surface area contributed by atoms with Gasteiger partial charge in [-0.05, 0) is 19.1 Å². The van der Waals surface area contributed by atoms with Crippen LogP contribution in [0.4, 0.5) is 5.69 Å². The molecule has 0 unspecified atom stereocenters. The summed E-state index contributed by atoms with van der Waals surface area (Å²) in [4.78, 5) is 11.4. The molecule has 0 saturated heterocycles. The second kappa shape index (κ2) is 6.37. The summed E-state index contributed by atoms with van der Waals surface area (Å²) in [5.74, 6) is -0.784. The number of carbonyl (C=O) groups excluding carboxylic acids is 1. The number of halogens is 2. The molecule has 0 spiro atoms. The van der Waals surface area contributed by atoms with E-state index >= 15 is 0 Å². The minimum absolute atomic E-state index is 0.187. The molecule has 7 heteroatoms. The van der Waals surface area contributed by atoms with Gasteiger partial charge in [0, 0.05) is 7.05 Å². The van der Waals surface area contributed by atoms with Gasteiger partial charge in [0.05, 0.1) is 10.0 Å². The van der Waals surface area contributed by atoms with Gasteiger partial charge in [-0.3, -0.25) is 4.79 Å². The van der Waals surface area contributed by atoms with Crippen molar-refractivity contribution in [3.63, 3.8) is 0 Å². The van der Waals surface area contributed by atoms with Crippen molar-refractivity contribution < 1.29 is 9.90 Å². The van der Waals surface area contributed by atoms with E-state index in [1.165, 1.54) is 14.0 Å². The zero-order valence-electron chi connectivity index (χ0n) is 9.74. The van der Waals surface area contributed by atoms with Gasteiger partial charge in [0.1, 0.15) is 11.4 Å². The Morgan fingerprint density at radius 3 is 2.61 bits per heavy atom. The van der Waals surface area contributed by atoms with Crippen LogP contribution >= 0.6 is 23.2 Å². The summed E-state index contributed by atoms with van der Waals surface area (Å²) in [6.45, 7) is 1.34. The first-order valence-electron chi connectivity index (χ1n) is 4.95. The van der Waals surface area contributed by atoms with Gasteiger partial charge in [0.2, 0.25) is 0 Å². The number of hydrogen-bond donors (Lipinski definition) is 2. The quantitative estimate of drug-likeness (QED) is 0.506. The highest BCUT2D eigenvalue weighted by Gasteiger charge is 2.11. The number of carbonyl (C=O) groups is 1. The molecule has 96 valence electrons. The van der Waals surface area contributed by atoms with E-state index < -0.39 is 5.91 Å². The number of hydrogen-bond acceptors (Lipinski definition) is 4. The van der Waals surface area contributed by atoms with Gasteiger partial charge in [-0.2, -0.15) is 0 Å². The molecule has 0 atom stereocenters. The van der Waals surface area contributed by atoms with Crippen LogP contribution < -0.4 is 5.32 Å². The maximum atomic E-state index is 11.4. The molecule has 1 aromatic rings. The van der Waals surface area contributed by atoms with Crippen LogP contribution in [-0.4, -0.2) is 18.1 Å². The number of likely N-dealkylation sites (N-methyl/N-ethyl adjacent to an activating group) is 1. The molecule has 0 bridgehead atoms. The van der Waals surface area contributed by atoms with E-state index in [0.717, 1.165) is 0 Å². The molecule has 0 aliphatic carbocycles. The summed E-state index contributed by atoms with van der Waals surface area (Å²) in [6.07, 6.45) is 0. The van der Waals surface area contributed by atoms with Crippen LogP contribution in [0.1, 0.15) is 6.92 Å². The lowest BCUT2D eigenvalue weighted by Gasteiger charge is -2.01. The molecule has 2 N–H and O–H groups in total. The summed E-state index contributed by atoms with van der Waals surface area (Å²) < 4.78 is 0. The van der Waals surface area contributed by atoms with Crippen LogP contribution in [0.5, 0.6) is 0 Å². The number of aliphatic hydroxyl groups excluding tert-OH is 1. The fourth-order valence-electron chi connectivity index (χ4n) is 1.07. The third-order valence-electron chi connectivity index (χ3n) is 1.97. The lowest BCUT2D eigenvalue weighted by atomic mass is 10.3. The Bertz CT molecular complexity index is 523. The maximum absolute atomic E-state index is 11.4. The molecule has 0 saturated carbocycles. The standard InChI is InChI=1S/C11H11Cl2N3O2/c1-6(17)10(11(18)14-2)16-15-8-5-3-4-7(12)9(8)13/h3-5,17H,1-2H3,(H,14,18)/b10-6+,16-15?. The predicted molar refractivity (Wildman–Crippen MR) is 70.4 cm³/mol. The molecule has 18 heavy (non-hydrogen) atoms. The Kier molecular flexibility index (Phi) is 5.12. The molecule has 1 aromatic carbocycles. The molecule has 1 rings (SSSR count). The number of aliphatic hydroxyl groups is 1. The molecule has 0 aliphatic rings. The zero-order chi connectivity index (χ0) is 13.7. The van der Waals surface area contributed by atoms with Crippen LogP contribution in [-0.2, 0) is 4.79 Å². The Hall–Kier alpha value is -1.59. The monoisotopic (exact) mass is 287 g/mol. The predicted octanol–water partition coefficient (Wildman–Crippen LogP) is 3.61. The third kappa shape index (κ3) is 3.45. The van der Waals surface area contributed by atoms with Gasteiger partial charge >= 0.3 is 0 Å². The highest BCUT2D eigenvalue weighted by Crippen LogP contribution is 2.32. The first-order chi connectivity index (χ1) is 8.47. The molecular weight excluding hydrogens is 277 g/mol. The average Bonchev–Trinajstić information content (AvgIpc) is 2.33. The van der Waals surface area contributed by atoms with Crippen molar-refractivity contribution in [2.75, 3.05) is 7.05 Å². The third-order valence-corrected chi connectivity index (χ3v) is 2.78. The van der Waals surface area contributed by atoms with E-state index in [1.807, 2.05) is 0 Å². The van der Waals surface area contributed by atoms with Crippen molar-refractivity contribution in [1.29, 1.82) is 0 Å². The van der Waals surface area contributed by atoms with Crippen molar-refractivity contribution in [1.82, 2.24) is 5.32 Å². The van der Waals surface area contributed by atoms with E-state index in [9.17, 15) is 9.90 Å². The summed E-state index contributed by atoms with van der Waals surface area (Å²) in [7, 11) is 1.42. The highest BCUT2D eigenvalue weighted by molar-refractivity contribution is 6.43. The Balaban J connectivity index is 3.09. The number of azo groups is 1. The number of amides is 1. The van der Waals surface area contributed by atoms with Crippen LogP contribution in [0.25, 0.3) is 0 Å². The van der Waals surface area contributed by atoms with Crippen molar-refractivity contribution in [3.8, 4) is 0 Å². The van der Waals surface area contributed by atoms with Gasteiger partial charge in [-0.15, -0.1) is 10.2 Å². The summed E-state index contributed by atoms with van der Waals surface area (Å²) in [6, 6.07) is 4.85. The SMILES string of the molecule is CNC(=O)/C(N=Nc1cccc(Cl)c1Cl)=C(/C)O. The first-order valence-corrected chi connectivity index (χ1v) is 5.70. The van der Waals surface area contributed by atoms with Gasteiger partial charge in [0.15, 0.2) is 5.70 Å². The molecule has 0 heterocycles. The van der Waals surface area contributed by atoms with Gasteiger partial charge in [0.25, 0.3) is 5.91 Å². The fraction of sp³-hybridized carbons (Fsp3) is 0.182. The van der Waals surface area contributed by atoms with E-state index in [2.05, 4.69) is 15.5 Å². The highest BCUT2D eigenvalue weighted by atomic mass is 35.5. The van der Waals surface area contributed by atoms with E-state index in [4.69, 9.17) is 23.2 Å². The second-order valence-electron chi connectivity index (χ2n) is 3.29. The first kappa shape index (κ1) is 14.5. The summed E-state index contributed by atoms with van der Waals surface area (Å²) >= 11 is 11.7. The molecule has 0 fully saturated rings. The Labute approximate surface area is 114 Å². The normalized spacial score (nSPS) is 12.4. The fourth-order valence-corrected chi connectivity index (χ4v) is 1.41. The van der Waals surface area contributed by atoms with Crippen molar-refractivity contribution >= 4 is 34.8 Å². The van der Waals surface area contributed by atoms with Crippen molar-refractivity contribution in [3.05, 3.63) is 39.7 Å². The van der Waals surface area contributed by atoms with Crippen molar-refractivity contribution in [2.45, 2.75) is 6.92 Å². The molecule has 0 aliphatic heterocycles. The topological polar surface area (TPSA) is 74.0 Å².